The number of ether oxygens (including phenoxy) is 3. The van der Waals surface area contributed by atoms with Gasteiger partial charge in [0.25, 0.3) is 0 Å². The van der Waals surface area contributed by atoms with Crippen LogP contribution < -0.4 is 19.5 Å². The van der Waals surface area contributed by atoms with Gasteiger partial charge >= 0.3 is 0 Å². The number of nitrogens with zero attached hydrogens (tertiary/aromatic N) is 1. The summed E-state index contributed by atoms with van der Waals surface area (Å²) in [4.78, 5) is 3.48. The fourth-order valence-electron chi connectivity index (χ4n) is 3.81. The minimum absolute atomic E-state index is 0.0131. The largest absolute Gasteiger partial charge is 0.497 e. The van der Waals surface area contributed by atoms with Crippen molar-refractivity contribution in [3.8, 4) is 17.2 Å². The van der Waals surface area contributed by atoms with Gasteiger partial charge in [0.2, 0.25) is 0 Å². The zero-order valence-corrected chi connectivity index (χ0v) is 18.8. The first kappa shape index (κ1) is 20.5. The highest BCUT2D eigenvalue weighted by Crippen LogP contribution is 2.42. The van der Waals surface area contributed by atoms with E-state index in [0.717, 1.165) is 35.9 Å². The summed E-state index contributed by atoms with van der Waals surface area (Å²) in [7, 11) is 5.00. The SMILES string of the molecule is COc1cccc(NC(=S)N2CCc3cc(OC)c(OC)cc3C2c2cccs2)c1. The Kier molecular flexibility index (Phi) is 6.11. The smallest absolute Gasteiger partial charge is 0.174 e. The second-order valence-corrected chi connectivity index (χ2v) is 8.30. The second-order valence-electron chi connectivity index (χ2n) is 6.93. The first-order chi connectivity index (χ1) is 14.6. The second kappa shape index (κ2) is 8.93. The third kappa shape index (κ3) is 3.95. The average Bonchev–Trinajstić information content (AvgIpc) is 3.31. The zero-order valence-electron chi connectivity index (χ0n) is 17.2. The zero-order chi connectivity index (χ0) is 21.1. The van der Waals surface area contributed by atoms with Crippen molar-refractivity contribution in [1.29, 1.82) is 0 Å². The first-order valence-electron chi connectivity index (χ1n) is 9.64. The van der Waals surface area contributed by atoms with Crippen molar-refractivity contribution in [2.75, 3.05) is 33.2 Å². The fraction of sp³-hybridized carbons (Fsp3) is 0.261. The maximum Gasteiger partial charge on any atom is 0.174 e. The van der Waals surface area contributed by atoms with Crippen LogP contribution in [0.5, 0.6) is 17.2 Å². The van der Waals surface area contributed by atoms with Crippen molar-refractivity contribution < 1.29 is 14.2 Å². The molecule has 156 valence electrons. The quantitative estimate of drug-likeness (QED) is 0.556. The Balaban J connectivity index is 1.71. The number of thiocarbonyl (C=S) groups is 1. The lowest BCUT2D eigenvalue weighted by atomic mass is 9.91. The Labute approximate surface area is 186 Å². The van der Waals surface area contributed by atoms with Gasteiger partial charge in [0.15, 0.2) is 16.6 Å². The Morgan fingerprint density at radius 2 is 1.83 bits per heavy atom. The maximum absolute atomic E-state index is 5.85. The van der Waals surface area contributed by atoms with Crippen LogP contribution in [0.4, 0.5) is 5.69 Å². The van der Waals surface area contributed by atoms with Gasteiger partial charge in [-0.1, -0.05) is 12.1 Å². The number of fused-ring (bicyclic) bond motifs is 1. The summed E-state index contributed by atoms with van der Waals surface area (Å²) in [6.07, 6.45) is 0.873. The molecule has 1 atom stereocenters. The highest BCUT2D eigenvalue weighted by molar-refractivity contribution is 7.80. The molecule has 0 saturated heterocycles. The number of rotatable bonds is 5. The van der Waals surface area contributed by atoms with Crippen molar-refractivity contribution in [3.63, 3.8) is 0 Å². The molecule has 5 nitrogen and oxygen atoms in total. The molecule has 2 aromatic carbocycles. The van der Waals surface area contributed by atoms with Crippen LogP contribution in [0, 0.1) is 0 Å². The molecule has 1 aliphatic heterocycles. The Hall–Kier alpha value is -2.77. The molecule has 0 spiro atoms. The number of nitrogens with one attached hydrogen (secondary N) is 1. The van der Waals surface area contributed by atoms with E-state index in [1.54, 1.807) is 32.7 Å². The van der Waals surface area contributed by atoms with Crippen LogP contribution >= 0.6 is 23.6 Å². The Morgan fingerprint density at radius 3 is 2.53 bits per heavy atom. The van der Waals surface area contributed by atoms with E-state index in [2.05, 4.69) is 39.9 Å². The van der Waals surface area contributed by atoms with Crippen LogP contribution in [0.1, 0.15) is 22.0 Å². The van der Waals surface area contributed by atoms with Crippen LogP contribution in [0.2, 0.25) is 0 Å². The van der Waals surface area contributed by atoms with Crippen LogP contribution in [0.3, 0.4) is 0 Å². The lowest BCUT2D eigenvalue weighted by Crippen LogP contribution is -2.42. The van der Waals surface area contributed by atoms with E-state index in [4.69, 9.17) is 26.4 Å². The van der Waals surface area contributed by atoms with E-state index >= 15 is 0 Å². The molecule has 1 unspecified atom stereocenters. The van der Waals surface area contributed by atoms with Gasteiger partial charge in [-0.15, -0.1) is 11.3 Å². The molecule has 0 aliphatic carbocycles. The van der Waals surface area contributed by atoms with E-state index in [9.17, 15) is 0 Å². The topological polar surface area (TPSA) is 43.0 Å². The molecule has 1 aromatic heterocycles. The molecule has 7 heteroatoms. The van der Waals surface area contributed by atoms with Crippen molar-refractivity contribution in [1.82, 2.24) is 4.90 Å². The molecular formula is C23H24N2O3S2. The number of thiophene rings is 1. The van der Waals surface area contributed by atoms with E-state index in [0.29, 0.717) is 5.11 Å². The predicted octanol–water partition coefficient (Wildman–Crippen LogP) is 5.12. The molecule has 0 radical (unpaired) electrons. The maximum atomic E-state index is 5.85. The fourth-order valence-corrected chi connectivity index (χ4v) is 4.98. The van der Waals surface area contributed by atoms with E-state index < -0.39 is 0 Å². The lowest BCUT2D eigenvalue weighted by molar-refractivity contribution is 0.333. The summed E-state index contributed by atoms with van der Waals surface area (Å²) < 4.78 is 16.4. The monoisotopic (exact) mass is 440 g/mol. The van der Waals surface area contributed by atoms with Crippen molar-refractivity contribution in [2.24, 2.45) is 0 Å². The summed E-state index contributed by atoms with van der Waals surface area (Å²) in [5.41, 5.74) is 3.35. The number of hydrogen-bond acceptors (Lipinski definition) is 5. The third-order valence-electron chi connectivity index (χ3n) is 5.27. The van der Waals surface area contributed by atoms with Gasteiger partial charge in [-0.3, -0.25) is 0 Å². The van der Waals surface area contributed by atoms with E-state index in [1.165, 1.54) is 16.0 Å². The summed E-state index contributed by atoms with van der Waals surface area (Å²) in [6, 6.07) is 16.2. The molecular weight excluding hydrogens is 416 g/mol. The minimum atomic E-state index is 0.0131. The van der Waals surface area contributed by atoms with Crippen LogP contribution in [0.15, 0.2) is 53.9 Å². The number of hydrogen-bond donors (Lipinski definition) is 1. The van der Waals surface area contributed by atoms with Crippen molar-refractivity contribution in [2.45, 2.75) is 12.5 Å². The molecule has 0 bridgehead atoms. The summed E-state index contributed by atoms with van der Waals surface area (Å²) in [5, 5.41) is 6.17. The number of benzene rings is 2. The standard InChI is InChI=1S/C23H24N2O3S2/c1-26-17-7-4-6-16(13-17)24-23(29)25-10-9-15-12-19(27-2)20(28-3)14-18(15)22(25)21-8-5-11-30-21/h4-8,11-14,22H,9-10H2,1-3H3,(H,24,29). The van der Waals surface area contributed by atoms with E-state index in [-0.39, 0.29) is 6.04 Å². The van der Waals surface area contributed by atoms with Gasteiger partial charge in [-0.2, -0.15) is 0 Å². The van der Waals surface area contributed by atoms with Crippen LogP contribution in [-0.2, 0) is 6.42 Å². The van der Waals surface area contributed by atoms with Gasteiger partial charge < -0.3 is 24.4 Å². The van der Waals surface area contributed by atoms with Gasteiger partial charge in [0.05, 0.1) is 27.4 Å². The normalized spacial score (nSPS) is 15.3. The average molecular weight is 441 g/mol. The number of anilines is 1. The van der Waals surface area contributed by atoms with Crippen LogP contribution in [-0.4, -0.2) is 37.9 Å². The molecule has 0 amide bonds. The first-order valence-corrected chi connectivity index (χ1v) is 10.9. The summed E-state index contributed by atoms with van der Waals surface area (Å²) in [5.74, 6) is 2.27. The predicted molar refractivity (Wildman–Crippen MR) is 125 cm³/mol. The molecule has 0 saturated carbocycles. The molecule has 30 heavy (non-hydrogen) atoms. The summed E-state index contributed by atoms with van der Waals surface area (Å²) >= 11 is 7.58. The Morgan fingerprint density at radius 1 is 1.03 bits per heavy atom. The van der Waals surface area contributed by atoms with E-state index in [1.807, 2.05) is 24.3 Å². The minimum Gasteiger partial charge on any atom is -0.497 e. The summed E-state index contributed by atoms with van der Waals surface area (Å²) in [6.45, 7) is 0.806. The van der Waals surface area contributed by atoms with Crippen molar-refractivity contribution in [3.05, 3.63) is 69.9 Å². The van der Waals surface area contributed by atoms with Crippen LogP contribution in [0.25, 0.3) is 0 Å². The molecule has 0 fully saturated rings. The van der Waals surface area contributed by atoms with Crippen molar-refractivity contribution >= 4 is 34.4 Å². The molecule has 1 aliphatic rings. The van der Waals surface area contributed by atoms with Gasteiger partial charge in [-0.05, 0) is 65.5 Å². The highest BCUT2D eigenvalue weighted by Gasteiger charge is 2.32. The molecule has 2 heterocycles. The lowest BCUT2D eigenvalue weighted by Gasteiger charge is -2.39. The molecule has 1 N–H and O–H groups in total. The Bertz CT molecular complexity index is 1040. The highest BCUT2D eigenvalue weighted by atomic mass is 32.1. The molecule has 4 rings (SSSR count). The number of methoxy groups -OCH3 is 3. The van der Waals surface area contributed by atoms with Gasteiger partial charge in [-0.25, -0.2) is 0 Å². The van der Waals surface area contributed by atoms with Gasteiger partial charge in [0.1, 0.15) is 5.75 Å². The van der Waals surface area contributed by atoms with Gasteiger partial charge in [0, 0.05) is 23.2 Å². The molecule has 3 aromatic rings. The third-order valence-corrected chi connectivity index (χ3v) is 6.53.